The molecule has 4 nitrogen and oxygen atoms in total. The number of hydrogen-bond donors (Lipinski definition) is 2. The summed E-state index contributed by atoms with van der Waals surface area (Å²) in [4.78, 5) is 11.6. The molecule has 4 heteroatoms. The van der Waals surface area contributed by atoms with Crippen molar-refractivity contribution in [2.24, 2.45) is 0 Å². The van der Waals surface area contributed by atoms with Crippen LogP contribution in [0, 0.1) is 0 Å². The van der Waals surface area contributed by atoms with Gasteiger partial charge in [-0.15, -0.1) is 0 Å². The molecule has 1 saturated carbocycles. The van der Waals surface area contributed by atoms with E-state index in [2.05, 4.69) is 5.32 Å². The standard InChI is InChI=1S/C16H23NO3/c1-15(2,3)20-14(18)17-13-6-4-12(5-7-13)8-9-16(19)10-11-16/h4-7,19H,8-11H2,1-3H3,(H,17,18). The van der Waals surface area contributed by atoms with Crippen LogP contribution >= 0.6 is 0 Å². The van der Waals surface area contributed by atoms with Crippen LogP contribution in [-0.2, 0) is 11.2 Å². The Hall–Kier alpha value is -1.55. The minimum atomic E-state index is -0.496. The van der Waals surface area contributed by atoms with Crippen LogP contribution < -0.4 is 5.32 Å². The maximum absolute atomic E-state index is 11.6. The van der Waals surface area contributed by atoms with Gasteiger partial charge in [0.2, 0.25) is 0 Å². The fraction of sp³-hybridized carbons (Fsp3) is 0.562. The van der Waals surface area contributed by atoms with E-state index in [1.165, 1.54) is 5.56 Å². The number of rotatable bonds is 4. The molecule has 1 fully saturated rings. The highest BCUT2D eigenvalue weighted by molar-refractivity contribution is 5.84. The monoisotopic (exact) mass is 277 g/mol. The average Bonchev–Trinajstić information content (AvgIpc) is 3.05. The first-order valence-electron chi connectivity index (χ1n) is 7.07. The quantitative estimate of drug-likeness (QED) is 0.885. The Morgan fingerprint density at radius 3 is 2.40 bits per heavy atom. The molecule has 2 rings (SSSR count). The van der Waals surface area contributed by atoms with Gasteiger partial charge in [-0.05, 0) is 64.2 Å². The van der Waals surface area contributed by atoms with Crippen LogP contribution in [-0.4, -0.2) is 22.4 Å². The first kappa shape index (κ1) is 14.9. The normalized spacial score (nSPS) is 16.6. The van der Waals surface area contributed by atoms with E-state index in [4.69, 9.17) is 4.74 Å². The summed E-state index contributed by atoms with van der Waals surface area (Å²) >= 11 is 0. The summed E-state index contributed by atoms with van der Waals surface area (Å²) in [6.07, 6.45) is 3.07. The van der Waals surface area contributed by atoms with E-state index in [-0.39, 0.29) is 0 Å². The summed E-state index contributed by atoms with van der Waals surface area (Å²) < 4.78 is 5.19. The zero-order valence-corrected chi connectivity index (χ0v) is 12.4. The van der Waals surface area contributed by atoms with Gasteiger partial charge in [-0.1, -0.05) is 12.1 Å². The van der Waals surface area contributed by atoms with Crippen LogP contribution in [0.1, 0.15) is 45.6 Å². The third-order valence-corrected chi connectivity index (χ3v) is 3.31. The average molecular weight is 277 g/mol. The Morgan fingerprint density at radius 2 is 1.90 bits per heavy atom. The van der Waals surface area contributed by atoms with Gasteiger partial charge in [-0.3, -0.25) is 5.32 Å². The molecule has 0 aromatic heterocycles. The summed E-state index contributed by atoms with van der Waals surface area (Å²) in [5.74, 6) is 0. The van der Waals surface area contributed by atoms with Crippen molar-refractivity contribution in [2.45, 2.75) is 57.7 Å². The number of aliphatic hydroxyl groups is 1. The molecule has 1 aliphatic carbocycles. The van der Waals surface area contributed by atoms with Crippen molar-refractivity contribution < 1.29 is 14.6 Å². The van der Waals surface area contributed by atoms with Gasteiger partial charge in [0.25, 0.3) is 0 Å². The van der Waals surface area contributed by atoms with Crippen molar-refractivity contribution in [2.75, 3.05) is 5.32 Å². The number of carbonyl (C=O) groups excluding carboxylic acids is 1. The lowest BCUT2D eigenvalue weighted by Crippen LogP contribution is -2.27. The molecule has 0 saturated heterocycles. The van der Waals surface area contributed by atoms with Crippen molar-refractivity contribution in [1.29, 1.82) is 0 Å². The van der Waals surface area contributed by atoms with Gasteiger partial charge < -0.3 is 9.84 Å². The van der Waals surface area contributed by atoms with E-state index in [0.717, 1.165) is 25.7 Å². The zero-order valence-electron chi connectivity index (χ0n) is 12.4. The highest BCUT2D eigenvalue weighted by Crippen LogP contribution is 2.39. The van der Waals surface area contributed by atoms with E-state index in [9.17, 15) is 9.90 Å². The second-order valence-electron chi connectivity index (χ2n) is 6.55. The molecule has 0 radical (unpaired) electrons. The van der Waals surface area contributed by atoms with Gasteiger partial charge in [0.05, 0.1) is 5.60 Å². The predicted octanol–water partition coefficient (Wildman–Crippen LogP) is 3.49. The Morgan fingerprint density at radius 1 is 1.30 bits per heavy atom. The summed E-state index contributed by atoms with van der Waals surface area (Å²) in [6.45, 7) is 5.49. The molecule has 0 bridgehead atoms. The van der Waals surface area contributed by atoms with E-state index in [1.54, 1.807) is 0 Å². The lowest BCUT2D eigenvalue weighted by Gasteiger charge is -2.19. The third kappa shape index (κ3) is 4.85. The molecule has 1 aromatic carbocycles. The predicted molar refractivity (Wildman–Crippen MR) is 78.8 cm³/mol. The molecule has 2 N–H and O–H groups in total. The molecule has 0 atom stereocenters. The van der Waals surface area contributed by atoms with E-state index >= 15 is 0 Å². The first-order chi connectivity index (χ1) is 9.26. The van der Waals surface area contributed by atoms with Crippen molar-refractivity contribution in [3.8, 4) is 0 Å². The highest BCUT2D eigenvalue weighted by Gasteiger charge is 2.39. The molecule has 0 unspecified atom stereocenters. The number of amides is 1. The largest absolute Gasteiger partial charge is 0.444 e. The van der Waals surface area contributed by atoms with Gasteiger partial charge in [0.15, 0.2) is 0 Å². The molecular formula is C16H23NO3. The van der Waals surface area contributed by atoms with Crippen LogP contribution in [0.15, 0.2) is 24.3 Å². The lowest BCUT2D eigenvalue weighted by molar-refractivity contribution is 0.0636. The van der Waals surface area contributed by atoms with Gasteiger partial charge in [0.1, 0.15) is 5.60 Å². The summed E-state index contributed by atoms with van der Waals surface area (Å²) in [5, 5.41) is 12.5. The first-order valence-corrected chi connectivity index (χ1v) is 7.07. The molecule has 1 aliphatic rings. The van der Waals surface area contributed by atoms with Crippen LogP contribution in [0.5, 0.6) is 0 Å². The number of carbonyl (C=O) groups is 1. The second kappa shape index (κ2) is 5.44. The fourth-order valence-corrected chi connectivity index (χ4v) is 1.95. The summed E-state index contributed by atoms with van der Waals surface area (Å²) in [6, 6.07) is 7.66. The molecule has 0 heterocycles. The number of benzene rings is 1. The van der Waals surface area contributed by atoms with Gasteiger partial charge in [-0.25, -0.2) is 4.79 Å². The van der Waals surface area contributed by atoms with Crippen molar-refractivity contribution >= 4 is 11.8 Å². The number of nitrogens with one attached hydrogen (secondary N) is 1. The molecule has 20 heavy (non-hydrogen) atoms. The second-order valence-corrected chi connectivity index (χ2v) is 6.55. The van der Waals surface area contributed by atoms with Crippen molar-refractivity contribution in [1.82, 2.24) is 0 Å². The Labute approximate surface area is 120 Å². The number of hydrogen-bond acceptors (Lipinski definition) is 3. The van der Waals surface area contributed by atoms with Crippen LogP contribution in [0.2, 0.25) is 0 Å². The zero-order chi connectivity index (χ0) is 14.8. The Balaban J connectivity index is 1.83. The minimum absolute atomic E-state index is 0.409. The van der Waals surface area contributed by atoms with Gasteiger partial charge in [0, 0.05) is 5.69 Å². The summed E-state index contributed by atoms with van der Waals surface area (Å²) in [5.41, 5.74) is 0.977. The van der Waals surface area contributed by atoms with Crippen LogP contribution in [0.4, 0.5) is 10.5 Å². The Kier molecular flexibility index (Phi) is 4.04. The SMILES string of the molecule is CC(C)(C)OC(=O)Nc1ccc(CCC2(O)CC2)cc1. The molecule has 1 aromatic rings. The molecule has 0 spiro atoms. The van der Waals surface area contributed by atoms with Crippen molar-refractivity contribution in [3.05, 3.63) is 29.8 Å². The van der Waals surface area contributed by atoms with Crippen LogP contribution in [0.25, 0.3) is 0 Å². The fourth-order valence-electron chi connectivity index (χ4n) is 1.95. The maximum Gasteiger partial charge on any atom is 0.412 e. The van der Waals surface area contributed by atoms with E-state index in [0.29, 0.717) is 5.69 Å². The number of ether oxygens (including phenoxy) is 1. The van der Waals surface area contributed by atoms with Crippen LogP contribution in [0.3, 0.4) is 0 Å². The molecule has 110 valence electrons. The number of aryl methyl sites for hydroxylation is 1. The minimum Gasteiger partial charge on any atom is -0.444 e. The smallest absolute Gasteiger partial charge is 0.412 e. The Bertz CT molecular complexity index is 469. The topological polar surface area (TPSA) is 58.6 Å². The van der Waals surface area contributed by atoms with Gasteiger partial charge >= 0.3 is 6.09 Å². The van der Waals surface area contributed by atoms with Crippen molar-refractivity contribution in [3.63, 3.8) is 0 Å². The van der Waals surface area contributed by atoms with E-state index < -0.39 is 17.3 Å². The van der Waals surface area contributed by atoms with Gasteiger partial charge in [-0.2, -0.15) is 0 Å². The van der Waals surface area contributed by atoms with E-state index in [1.807, 2.05) is 45.0 Å². The summed E-state index contributed by atoms with van der Waals surface area (Å²) in [7, 11) is 0. The highest BCUT2D eigenvalue weighted by atomic mass is 16.6. The molecule has 1 amide bonds. The maximum atomic E-state index is 11.6. The number of anilines is 1. The molecule has 0 aliphatic heterocycles. The third-order valence-electron chi connectivity index (χ3n) is 3.31. The molecular weight excluding hydrogens is 254 g/mol. The lowest BCUT2D eigenvalue weighted by atomic mass is 10.1.